The lowest BCUT2D eigenvalue weighted by atomic mass is 10.2. The van der Waals surface area contributed by atoms with Crippen molar-refractivity contribution < 1.29 is 22.7 Å². The van der Waals surface area contributed by atoms with Gasteiger partial charge in [0.25, 0.3) is 0 Å². The minimum Gasteiger partial charge on any atom is -0.469 e. The van der Waals surface area contributed by atoms with E-state index in [2.05, 4.69) is 4.74 Å². The number of carbonyl (C=O) groups is 2. The Bertz CT molecular complexity index is 640. The van der Waals surface area contributed by atoms with Gasteiger partial charge in [-0.15, -0.1) is 0 Å². The molecule has 2 N–H and O–H groups in total. The van der Waals surface area contributed by atoms with Crippen LogP contribution in [0.4, 0.5) is 0 Å². The topological polar surface area (TPSA) is 107 Å². The number of esters is 1. The van der Waals surface area contributed by atoms with Crippen LogP contribution in [0.15, 0.2) is 29.2 Å². The molecular weight excluding hydrogens is 320 g/mol. The fourth-order valence-corrected chi connectivity index (χ4v) is 2.51. The molecule has 0 aliphatic carbocycles. The summed E-state index contributed by atoms with van der Waals surface area (Å²) in [5.74, 6) is -0.448. The zero-order chi connectivity index (χ0) is 17.5. The van der Waals surface area contributed by atoms with E-state index in [9.17, 15) is 18.0 Å². The van der Waals surface area contributed by atoms with Crippen molar-refractivity contribution in [2.24, 2.45) is 5.14 Å². The van der Waals surface area contributed by atoms with Crippen LogP contribution in [0.2, 0.25) is 0 Å². The molecule has 128 valence electrons. The molecule has 1 amide bonds. The Morgan fingerprint density at radius 1 is 1.17 bits per heavy atom. The predicted molar refractivity (Wildman–Crippen MR) is 84.8 cm³/mol. The predicted octanol–water partition coefficient (Wildman–Crippen LogP) is 1.03. The average molecular weight is 342 g/mol. The van der Waals surface area contributed by atoms with E-state index in [4.69, 9.17) is 5.14 Å². The zero-order valence-corrected chi connectivity index (χ0v) is 14.1. The van der Waals surface area contributed by atoms with Gasteiger partial charge in [0.1, 0.15) is 0 Å². The molecule has 0 saturated carbocycles. The molecule has 0 atom stereocenters. The van der Waals surface area contributed by atoms with Gasteiger partial charge in [-0.25, -0.2) is 13.6 Å². The largest absolute Gasteiger partial charge is 0.469 e. The van der Waals surface area contributed by atoms with E-state index >= 15 is 0 Å². The third-order valence-electron chi connectivity index (χ3n) is 3.26. The number of methoxy groups -OCH3 is 1. The van der Waals surface area contributed by atoms with Gasteiger partial charge in [-0.3, -0.25) is 9.59 Å². The van der Waals surface area contributed by atoms with Crippen LogP contribution in [0.1, 0.15) is 31.7 Å². The number of carbonyl (C=O) groups excluding carboxylic acids is 2. The Balaban J connectivity index is 2.83. The maximum atomic E-state index is 12.1. The van der Waals surface area contributed by atoms with Crippen molar-refractivity contribution in [3.8, 4) is 0 Å². The van der Waals surface area contributed by atoms with Gasteiger partial charge in [-0.2, -0.15) is 0 Å². The van der Waals surface area contributed by atoms with E-state index in [0.29, 0.717) is 19.4 Å². The molecule has 0 spiro atoms. The fourth-order valence-electron chi connectivity index (χ4n) is 2.00. The molecule has 0 aliphatic rings. The van der Waals surface area contributed by atoms with E-state index in [1.807, 2.05) is 6.92 Å². The highest BCUT2D eigenvalue weighted by atomic mass is 32.2. The van der Waals surface area contributed by atoms with Crippen molar-refractivity contribution in [3.05, 3.63) is 29.8 Å². The first-order chi connectivity index (χ1) is 10.8. The van der Waals surface area contributed by atoms with Crippen molar-refractivity contribution in [1.82, 2.24) is 4.90 Å². The molecule has 0 saturated heterocycles. The molecular formula is C15H22N2O5S. The van der Waals surface area contributed by atoms with Crippen molar-refractivity contribution in [3.63, 3.8) is 0 Å². The van der Waals surface area contributed by atoms with Gasteiger partial charge in [0.2, 0.25) is 15.9 Å². The summed E-state index contributed by atoms with van der Waals surface area (Å²) in [7, 11) is -2.44. The lowest BCUT2D eigenvalue weighted by molar-refractivity contribution is -0.142. The first kappa shape index (κ1) is 19.1. The molecule has 1 aromatic rings. The number of benzene rings is 1. The number of amides is 1. The minimum absolute atomic E-state index is 0.0160. The second kappa shape index (κ2) is 8.64. The second-order valence-corrected chi connectivity index (χ2v) is 6.64. The molecule has 0 aliphatic heterocycles. The molecule has 7 nitrogen and oxygen atoms in total. The normalized spacial score (nSPS) is 11.1. The SMILES string of the molecule is CCCC(=O)N(CCC(=O)OC)Cc1ccc(S(N)(=O)=O)cc1. The van der Waals surface area contributed by atoms with Crippen LogP contribution in [0, 0.1) is 0 Å². The summed E-state index contributed by atoms with van der Waals surface area (Å²) in [5, 5.41) is 5.05. The lowest BCUT2D eigenvalue weighted by Gasteiger charge is -2.22. The molecule has 0 unspecified atom stereocenters. The molecule has 0 aromatic heterocycles. The third-order valence-corrected chi connectivity index (χ3v) is 4.18. The van der Waals surface area contributed by atoms with E-state index in [0.717, 1.165) is 5.56 Å². The van der Waals surface area contributed by atoms with Crippen LogP contribution in [0.3, 0.4) is 0 Å². The van der Waals surface area contributed by atoms with Crippen LogP contribution in [-0.2, 0) is 30.9 Å². The summed E-state index contributed by atoms with van der Waals surface area (Å²) in [6.45, 7) is 2.44. The Hall–Kier alpha value is -1.93. The fraction of sp³-hybridized carbons (Fsp3) is 0.467. The number of primary sulfonamides is 1. The van der Waals surface area contributed by atoms with Crippen LogP contribution in [0.25, 0.3) is 0 Å². The first-order valence-corrected chi connectivity index (χ1v) is 8.79. The van der Waals surface area contributed by atoms with Crippen LogP contribution < -0.4 is 5.14 Å². The van der Waals surface area contributed by atoms with Gasteiger partial charge in [-0.1, -0.05) is 19.1 Å². The van der Waals surface area contributed by atoms with Crippen LogP contribution in [-0.4, -0.2) is 38.8 Å². The lowest BCUT2D eigenvalue weighted by Crippen LogP contribution is -2.32. The van der Waals surface area contributed by atoms with E-state index in [1.54, 1.807) is 17.0 Å². The van der Waals surface area contributed by atoms with Crippen LogP contribution >= 0.6 is 0 Å². The standard InChI is InChI=1S/C15H22N2O5S/c1-3-4-14(18)17(10-9-15(19)22-2)11-12-5-7-13(8-6-12)23(16,20)21/h5-8H,3-4,9-11H2,1-2H3,(H2,16,20,21). The number of nitrogens with zero attached hydrogens (tertiary/aromatic N) is 1. The number of rotatable bonds is 8. The number of nitrogens with two attached hydrogens (primary N) is 1. The number of hydrogen-bond donors (Lipinski definition) is 1. The van der Waals surface area contributed by atoms with Gasteiger partial charge in [-0.05, 0) is 24.1 Å². The van der Waals surface area contributed by atoms with Gasteiger partial charge < -0.3 is 9.64 Å². The molecule has 0 radical (unpaired) electrons. The Kier molecular flexibility index (Phi) is 7.18. The number of sulfonamides is 1. The van der Waals surface area contributed by atoms with Crippen molar-refractivity contribution in [2.75, 3.05) is 13.7 Å². The molecule has 0 fully saturated rings. The summed E-state index contributed by atoms with van der Waals surface area (Å²) in [4.78, 5) is 25.0. The van der Waals surface area contributed by atoms with Crippen molar-refractivity contribution in [2.45, 2.75) is 37.6 Å². The number of ether oxygens (including phenoxy) is 1. The highest BCUT2D eigenvalue weighted by Gasteiger charge is 2.15. The summed E-state index contributed by atoms with van der Waals surface area (Å²) < 4.78 is 27.1. The van der Waals surface area contributed by atoms with Gasteiger partial charge in [0, 0.05) is 19.5 Å². The second-order valence-electron chi connectivity index (χ2n) is 5.08. The summed E-state index contributed by atoms with van der Waals surface area (Å²) in [6.07, 6.45) is 1.20. The quantitative estimate of drug-likeness (QED) is 0.710. The van der Waals surface area contributed by atoms with E-state index < -0.39 is 10.0 Å². The average Bonchev–Trinajstić information content (AvgIpc) is 2.50. The van der Waals surface area contributed by atoms with Crippen molar-refractivity contribution in [1.29, 1.82) is 0 Å². The maximum Gasteiger partial charge on any atom is 0.307 e. The summed E-state index contributed by atoms with van der Waals surface area (Å²) >= 11 is 0. The minimum atomic E-state index is -3.74. The first-order valence-electron chi connectivity index (χ1n) is 7.24. The van der Waals surface area contributed by atoms with Crippen LogP contribution in [0.5, 0.6) is 0 Å². The molecule has 8 heteroatoms. The van der Waals surface area contributed by atoms with Crippen molar-refractivity contribution >= 4 is 21.9 Å². The van der Waals surface area contributed by atoms with Gasteiger partial charge in [0.05, 0.1) is 18.4 Å². The highest BCUT2D eigenvalue weighted by molar-refractivity contribution is 7.89. The number of hydrogen-bond acceptors (Lipinski definition) is 5. The molecule has 1 aromatic carbocycles. The Morgan fingerprint density at radius 3 is 2.26 bits per heavy atom. The zero-order valence-electron chi connectivity index (χ0n) is 13.3. The summed E-state index contributed by atoms with van der Waals surface area (Å²) in [6, 6.07) is 6.00. The van der Waals surface area contributed by atoms with Gasteiger partial charge in [0.15, 0.2) is 0 Å². The summed E-state index contributed by atoms with van der Waals surface area (Å²) in [5.41, 5.74) is 0.756. The smallest absolute Gasteiger partial charge is 0.307 e. The Labute approximate surface area is 136 Å². The molecule has 23 heavy (non-hydrogen) atoms. The maximum absolute atomic E-state index is 12.1. The molecule has 0 bridgehead atoms. The molecule has 1 rings (SSSR count). The highest BCUT2D eigenvalue weighted by Crippen LogP contribution is 2.12. The van der Waals surface area contributed by atoms with E-state index in [1.165, 1.54) is 19.2 Å². The Morgan fingerprint density at radius 2 is 1.78 bits per heavy atom. The monoisotopic (exact) mass is 342 g/mol. The molecule has 0 heterocycles. The van der Waals surface area contributed by atoms with E-state index in [-0.39, 0.29) is 29.7 Å². The van der Waals surface area contributed by atoms with Gasteiger partial charge >= 0.3 is 5.97 Å². The third kappa shape index (κ3) is 6.37.